The van der Waals surface area contributed by atoms with Crippen LogP contribution in [0, 0.1) is 11.8 Å². The fraction of sp³-hybridized carbons (Fsp3) is 0.684. The zero-order valence-corrected chi connectivity index (χ0v) is 14.8. The number of nitrogens with one attached hydrogen (secondary N) is 1. The molecule has 25 heavy (non-hydrogen) atoms. The maximum absolute atomic E-state index is 12.6. The molecule has 2 heterocycles. The summed E-state index contributed by atoms with van der Waals surface area (Å²) in [7, 11) is 0. The van der Waals surface area contributed by atoms with E-state index in [1.807, 2.05) is 17.2 Å². The first-order valence-corrected chi connectivity index (χ1v) is 9.58. The molecule has 3 fully saturated rings. The van der Waals surface area contributed by atoms with Gasteiger partial charge in [-0.1, -0.05) is 0 Å². The summed E-state index contributed by atoms with van der Waals surface area (Å²) >= 11 is 0. The van der Waals surface area contributed by atoms with Gasteiger partial charge in [0, 0.05) is 38.9 Å². The molecule has 4 rings (SSSR count). The van der Waals surface area contributed by atoms with Crippen LogP contribution in [-0.4, -0.2) is 55.3 Å². The average Bonchev–Trinajstić information content (AvgIpc) is 3.56. The first kappa shape index (κ1) is 16.6. The Balaban J connectivity index is 1.32. The number of amides is 2. The van der Waals surface area contributed by atoms with Gasteiger partial charge < -0.3 is 19.9 Å². The molecule has 2 amide bonds. The van der Waals surface area contributed by atoms with E-state index >= 15 is 0 Å². The van der Waals surface area contributed by atoms with Crippen molar-refractivity contribution in [1.82, 2.24) is 15.2 Å². The zero-order chi connectivity index (χ0) is 17.1. The van der Waals surface area contributed by atoms with Gasteiger partial charge in [-0.05, 0) is 55.2 Å². The van der Waals surface area contributed by atoms with Crippen molar-refractivity contribution >= 4 is 11.8 Å². The first-order valence-electron chi connectivity index (χ1n) is 9.58. The van der Waals surface area contributed by atoms with Crippen molar-refractivity contribution in [3.8, 4) is 0 Å². The van der Waals surface area contributed by atoms with E-state index in [0.29, 0.717) is 6.54 Å². The molecule has 6 heteroatoms. The Hall–Kier alpha value is -1.82. The van der Waals surface area contributed by atoms with Crippen LogP contribution in [-0.2, 0) is 11.3 Å². The van der Waals surface area contributed by atoms with Crippen LogP contribution in [0.5, 0.6) is 0 Å². The lowest BCUT2D eigenvalue weighted by Crippen LogP contribution is -2.42. The third kappa shape index (κ3) is 4.84. The van der Waals surface area contributed by atoms with E-state index in [-0.39, 0.29) is 6.03 Å². The number of urea groups is 1. The number of hydrogen-bond acceptors (Lipinski definition) is 4. The van der Waals surface area contributed by atoms with Crippen molar-refractivity contribution in [3.05, 3.63) is 23.9 Å². The molecular weight excluding hydrogens is 316 g/mol. The molecule has 0 atom stereocenters. The molecule has 136 valence electrons. The summed E-state index contributed by atoms with van der Waals surface area (Å²) in [5, 5.41) is 3.11. The zero-order valence-electron chi connectivity index (χ0n) is 14.8. The highest BCUT2D eigenvalue weighted by atomic mass is 16.5. The highest BCUT2D eigenvalue weighted by Crippen LogP contribution is 2.33. The lowest BCUT2D eigenvalue weighted by Gasteiger charge is -2.28. The molecule has 2 aliphatic carbocycles. The number of ether oxygens (including phenoxy) is 1. The number of hydrogen-bond donors (Lipinski definition) is 1. The third-order valence-corrected chi connectivity index (χ3v) is 5.23. The fourth-order valence-corrected chi connectivity index (χ4v) is 3.29. The van der Waals surface area contributed by atoms with Gasteiger partial charge in [0.15, 0.2) is 0 Å². The molecule has 0 spiro atoms. The molecule has 1 aromatic rings. The SMILES string of the molecule is O=C(NCc1ccnc(N2CCOCC2)c1)N(CC1CC1)CC1CC1. The number of carbonyl (C=O) groups excluding carboxylic acids is 1. The minimum absolute atomic E-state index is 0.0866. The Kier molecular flexibility index (Phi) is 5.06. The highest BCUT2D eigenvalue weighted by Gasteiger charge is 2.31. The molecule has 3 aliphatic rings. The smallest absolute Gasteiger partial charge is 0.317 e. The van der Waals surface area contributed by atoms with Gasteiger partial charge in [-0.25, -0.2) is 9.78 Å². The van der Waals surface area contributed by atoms with Crippen LogP contribution in [0.25, 0.3) is 0 Å². The second-order valence-electron chi connectivity index (χ2n) is 7.57. The molecule has 0 bridgehead atoms. The molecule has 1 aliphatic heterocycles. The Bertz CT molecular complexity index is 581. The summed E-state index contributed by atoms with van der Waals surface area (Å²) in [5.41, 5.74) is 1.10. The summed E-state index contributed by atoms with van der Waals surface area (Å²) in [6, 6.07) is 4.15. The summed E-state index contributed by atoms with van der Waals surface area (Å²) in [4.78, 5) is 21.3. The standard InChI is InChI=1S/C19H28N4O2/c24-19(23(13-15-1-2-15)14-16-3-4-16)21-12-17-5-6-20-18(11-17)22-7-9-25-10-8-22/h5-6,11,15-16H,1-4,7-10,12-14H2,(H,21,24). The summed E-state index contributed by atoms with van der Waals surface area (Å²) in [6.07, 6.45) is 6.95. The van der Waals surface area contributed by atoms with Crippen LogP contribution in [0.4, 0.5) is 10.6 Å². The summed E-state index contributed by atoms with van der Waals surface area (Å²) < 4.78 is 5.40. The Labute approximate surface area is 149 Å². The van der Waals surface area contributed by atoms with E-state index in [2.05, 4.69) is 21.3 Å². The van der Waals surface area contributed by atoms with E-state index in [1.165, 1.54) is 25.7 Å². The minimum Gasteiger partial charge on any atom is -0.378 e. The van der Waals surface area contributed by atoms with Crippen molar-refractivity contribution in [2.75, 3.05) is 44.3 Å². The molecule has 2 saturated carbocycles. The molecule has 0 unspecified atom stereocenters. The number of aromatic nitrogens is 1. The van der Waals surface area contributed by atoms with Crippen molar-refractivity contribution < 1.29 is 9.53 Å². The Morgan fingerprint density at radius 3 is 2.52 bits per heavy atom. The number of nitrogens with zero attached hydrogens (tertiary/aromatic N) is 3. The Morgan fingerprint density at radius 2 is 1.88 bits per heavy atom. The molecule has 1 N–H and O–H groups in total. The van der Waals surface area contributed by atoms with Gasteiger partial charge in [0.25, 0.3) is 0 Å². The van der Waals surface area contributed by atoms with Gasteiger partial charge in [-0.15, -0.1) is 0 Å². The maximum Gasteiger partial charge on any atom is 0.317 e. The van der Waals surface area contributed by atoms with Gasteiger partial charge in [0.05, 0.1) is 13.2 Å². The van der Waals surface area contributed by atoms with Crippen LogP contribution >= 0.6 is 0 Å². The summed E-state index contributed by atoms with van der Waals surface area (Å²) in [6.45, 7) is 5.67. The average molecular weight is 344 g/mol. The first-order chi connectivity index (χ1) is 12.3. The monoisotopic (exact) mass is 344 g/mol. The predicted molar refractivity (Wildman–Crippen MR) is 96.5 cm³/mol. The van der Waals surface area contributed by atoms with Crippen molar-refractivity contribution in [3.63, 3.8) is 0 Å². The van der Waals surface area contributed by atoms with Gasteiger partial charge in [0.1, 0.15) is 5.82 Å². The van der Waals surface area contributed by atoms with E-state index in [0.717, 1.165) is 62.6 Å². The summed E-state index contributed by atoms with van der Waals surface area (Å²) in [5.74, 6) is 2.44. The number of morpholine rings is 1. The maximum atomic E-state index is 12.6. The van der Waals surface area contributed by atoms with E-state index in [1.54, 1.807) is 0 Å². The van der Waals surface area contributed by atoms with Crippen LogP contribution < -0.4 is 10.2 Å². The van der Waals surface area contributed by atoms with Gasteiger partial charge in [0.2, 0.25) is 0 Å². The van der Waals surface area contributed by atoms with Gasteiger partial charge in [-0.2, -0.15) is 0 Å². The van der Waals surface area contributed by atoms with Crippen LogP contribution in [0.2, 0.25) is 0 Å². The van der Waals surface area contributed by atoms with E-state index < -0.39 is 0 Å². The second kappa shape index (κ2) is 7.60. The van der Waals surface area contributed by atoms with Gasteiger partial charge >= 0.3 is 6.03 Å². The predicted octanol–water partition coefficient (Wildman–Crippen LogP) is 2.25. The number of carbonyl (C=O) groups is 1. The quantitative estimate of drug-likeness (QED) is 0.824. The van der Waals surface area contributed by atoms with Gasteiger partial charge in [-0.3, -0.25) is 0 Å². The number of pyridine rings is 1. The van der Waals surface area contributed by atoms with Crippen molar-refractivity contribution in [2.24, 2.45) is 11.8 Å². The fourth-order valence-electron chi connectivity index (χ4n) is 3.29. The molecular formula is C19H28N4O2. The molecule has 0 radical (unpaired) electrons. The molecule has 6 nitrogen and oxygen atoms in total. The van der Waals surface area contributed by atoms with Crippen LogP contribution in [0.1, 0.15) is 31.2 Å². The molecule has 0 aromatic carbocycles. The van der Waals surface area contributed by atoms with E-state index in [4.69, 9.17) is 4.74 Å². The second-order valence-corrected chi connectivity index (χ2v) is 7.57. The molecule has 1 aromatic heterocycles. The van der Waals surface area contributed by atoms with Crippen molar-refractivity contribution in [1.29, 1.82) is 0 Å². The van der Waals surface area contributed by atoms with Crippen LogP contribution in [0.15, 0.2) is 18.3 Å². The van der Waals surface area contributed by atoms with Crippen molar-refractivity contribution in [2.45, 2.75) is 32.2 Å². The normalized spacial score (nSPS) is 20.4. The Morgan fingerprint density at radius 1 is 1.20 bits per heavy atom. The third-order valence-electron chi connectivity index (χ3n) is 5.23. The lowest BCUT2D eigenvalue weighted by atomic mass is 10.2. The van der Waals surface area contributed by atoms with Crippen LogP contribution in [0.3, 0.4) is 0 Å². The molecule has 1 saturated heterocycles. The minimum atomic E-state index is 0.0866. The highest BCUT2D eigenvalue weighted by molar-refractivity contribution is 5.74. The number of rotatable bonds is 7. The topological polar surface area (TPSA) is 57.7 Å². The van der Waals surface area contributed by atoms with E-state index in [9.17, 15) is 4.79 Å². The lowest BCUT2D eigenvalue weighted by molar-refractivity contribution is 0.122. The number of anilines is 1. The largest absolute Gasteiger partial charge is 0.378 e.